The van der Waals surface area contributed by atoms with Gasteiger partial charge in [-0.25, -0.2) is 22.3 Å². The first-order valence-electron chi connectivity index (χ1n) is 10.2. The molecule has 2 aromatic heterocycles. The number of sulfonamides is 1. The van der Waals surface area contributed by atoms with Crippen LogP contribution in [0.3, 0.4) is 0 Å². The highest BCUT2D eigenvalue weighted by atomic mass is 35.5. The van der Waals surface area contributed by atoms with Gasteiger partial charge >= 0.3 is 5.97 Å². The van der Waals surface area contributed by atoms with Gasteiger partial charge in [-0.2, -0.15) is 9.40 Å². The van der Waals surface area contributed by atoms with Crippen molar-refractivity contribution < 1.29 is 22.7 Å². The molecule has 0 amide bonds. The molecule has 0 aliphatic carbocycles. The zero-order valence-corrected chi connectivity index (χ0v) is 20.1. The summed E-state index contributed by atoms with van der Waals surface area (Å²) in [6.45, 7) is 2.61. The van der Waals surface area contributed by atoms with Gasteiger partial charge in [0.25, 0.3) is 10.0 Å². The van der Waals surface area contributed by atoms with E-state index in [9.17, 15) is 22.7 Å². The van der Waals surface area contributed by atoms with Crippen molar-refractivity contribution in [1.29, 1.82) is 0 Å². The molecular weight excluding hydrogens is 489 g/mol. The molecule has 174 valence electrons. The number of aryl methyl sites for hydroxylation is 1. The number of benzene rings is 1. The lowest BCUT2D eigenvalue weighted by molar-refractivity contribution is -0.130. The molecule has 7 nitrogen and oxygen atoms in total. The summed E-state index contributed by atoms with van der Waals surface area (Å²) >= 11 is 7.40. The Kier molecular flexibility index (Phi) is 6.71. The Labute approximate surface area is 199 Å². The third-order valence-electron chi connectivity index (χ3n) is 5.39. The van der Waals surface area contributed by atoms with Crippen LogP contribution in [0.2, 0.25) is 5.15 Å². The summed E-state index contributed by atoms with van der Waals surface area (Å²) in [5, 5.41) is 14.4. The number of hydrogen-bond donors (Lipinski definition) is 1. The summed E-state index contributed by atoms with van der Waals surface area (Å²) in [6, 6.07) is 8.51. The number of carboxylic acids is 1. The van der Waals surface area contributed by atoms with Crippen molar-refractivity contribution in [2.75, 3.05) is 13.1 Å². The molecule has 0 unspecified atom stereocenters. The number of aromatic nitrogens is 2. The lowest BCUT2D eigenvalue weighted by Gasteiger charge is -2.25. The summed E-state index contributed by atoms with van der Waals surface area (Å²) in [5.74, 6) is -1.62. The van der Waals surface area contributed by atoms with Crippen LogP contribution >= 0.6 is 22.9 Å². The molecule has 1 saturated heterocycles. The lowest BCUT2D eigenvalue weighted by Crippen LogP contribution is -2.35. The highest BCUT2D eigenvalue weighted by Gasteiger charge is 2.28. The minimum absolute atomic E-state index is 0.0937. The Hall–Kier alpha value is -2.53. The largest absolute Gasteiger partial charge is 0.478 e. The fourth-order valence-electron chi connectivity index (χ4n) is 3.65. The standard InChI is InChI=1S/C22H21ClFN3O4S2/c1-14-17(21(23)27(25-14)16-7-5-15(24)6-8-16)13-18(22(28)29)19-9-10-20(32-19)33(30,31)26-11-3-2-4-12-26/h5-10,13H,2-4,11-12H2,1H3,(H,28,29)/b18-13+. The van der Waals surface area contributed by atoms with Crippen LogP contribution in [0, 0.1) is 12.7 Å². The quantitative estimate of drug-likeness (QED) is 0.480. The monoisotopic (exact) mass is 509 g/mol. The van der Waals surface area contributed by atoms with Gasteiger partial charge in [0.05, 0.1) is 17.0 Å². The molecular formula is C22H21ClFN3O4S2. The minimum Gasteiger partial charge on any atom is -0.478 e. The maximum Gasteiger partial charge on any atom is 0.337 e. The van der Waals surface area contributed by atoms with Gasteiger partial charge in [0.2, 0.25) is 0 Å². The van der Waals surface area contributed by atoms with Crippen LogP contribution < -0.4 is 0 Å². The van der Waals surface area contributed by atoms with Crippen LogP contribution in [0.5, 0.6) is 0 Å². The molecule has 4 rings (SSSR count). The van der Waals surface area contributed by atoms with Crippen LogP contribution in [0.4, 0.5) is 4.39 Å². The fraction of sp³-hybridized carbons (Fsp3) is 0.273. The topological polar surface area (TPSA) is 92.5 Å². The molecule has 33 heavy (non-hydrogen) atoms. The number of carbonyl (C=O) groups is 1. The maximum absolute atomic E-state index is 13.3. The van der Waals surface area contributed by atoms with Gasteiger partial charge < -0.3 is 5.11 Å². The maximum atomic E-state index is 13.3. The van der Waals surface area contributed by atoms with Crippen LogP contribution in [-0.4, -0.2) is 46.7 Å². The Morgan fingerprint density at radius 3 is 2.45 bits per heavy atom. The van der Waals surface area contributed by atoms with Gasteiger partial charge in [-0.3, -0.25) is 0 Å². The first kappa shape index (κ1) is 23.6. The van der Waals surface area contributed by atoms with Gasteiger partial charge in [0, 0.05) is 23.5 Å². The Bertz CT molecular complexity index is 1320. The SMILES string of the molecule is Cc1nn(-c2ccc(F)cc2)c(Cl)c1/C=C(/C(=O)O)c1ccc(S(=O)(=O)N2CCCCC2)s1. The Morgan fingerprint density at radius 1 is 1.15 bits per heavy atom. The molecule has 1 fully saturated rings. The summed E-state index contributed by atoms with van der Waals surface area (Å²) in [5.41, 5.74) is 1.28. The predicted octanol–water partition coefficient (Wildman–Crippen LogP) is 4.83. The molecule has 1 aliphatic heterocycles. The van der Waals surface area contributed by atoms with Crippen molar-refractivity contribution in [1.82, 2.24) is 14.1 Å². The van der Waals surface area contributed by atoms with Gasteiger partial charge in [-0.1, -0.05) is 18.0 Å². The van der Waals surface area contributed by atoms with E-state index in [4.69, 9.17) is 11.6 Å². The first-order valence-corrected chi connectivity index (χ1v) is 12.9. The van der Waals surface area contributed by atoms with Gasteiger partial charge in [-0.05, 0) is 62.2 Å². The van der Waals surface area contributed by atoms with Gasteiger partial charge in [-0.15, -0.1) is 11.3 Å². The van der Waals surface area contributed by atoms with Gasteiger partial charge in [0.1, 0.15) is 15.2 Å². The van der Waals surface area contributed by atoms with E-state index in [0.717, 1.165) is 30.6 Å². The molecule has 3 heterocycles. The number of carboxylic acid groups (broad SMARTS) is 1. The van der Waals surface area contributed by atoms with Crippen molar-refractivity contribution in [3.05, 3.63) is 63.5 Å². The van der Waals surface area contributed by atoms with E-state index in [1.165, 1.54) is 51.5 Å². The van der Waals surface area contributed by atoms with E-state index >= 15 is 0 Å². The molecule has 0 spiro atoms. The van der Waals surface area contributed by atoms with E-state index in [2.05, 4.69) is 5.10 Å². The van der Waals surface area contributed by atoms with Crippen LogP contribution in [0.25, 0.3) is 17.3 Å². The molecule has 1 aromatic carbocycles. The number of halogens is 2. The van der Waals surface area contributed by atoms with Crippen molar-refractivity contribution in [3.63, 3.8) is 0 Å². The minimum atomic E-state index is -3.67. The molecule has 1 aliphatic rings. The zero-order valence-electron chi connectivity index (χ0n) is 17.7. The number of nitrogens with zero attached hydrogens (tertiary/aromatic N) is 3. The van der Waals surface area contributed by atoms with E-state index < -0.39 is 21.8 Å². The molecule has 0 radical (unpaired) electrons. The van der Waals surface area contributed by atoms with E-state index in [0.29, 0.717) is 34.9 Å². The van der Waals surface area contributed by atoms with E-state index in [-0.39, 0.29) is 14.9 Å². The Morgan fingerprint density at radius 2 is 1.82 bits per heavy atom. The third kappa shape index (κ3) is 4.74. The summed E-state index contributed by atoms with van der Waals surface area (Å²) < 4.78 is 42.1. The normalized spacial score (nSPS) is 15.7. The van der Waals surface area contributed by atoms with Crippen LogP contribution in [0.15, 0.2) is 40.6 Å². The molecule has 0 bridgehead atoms. The Balaban J connectivity index is 1.71. The number of aliphatic carboxylic acids is 1. The van der Waals surface area contributed by atoms with E-state index in [1.807, 2.05) is 0 Å². The molecule has 1 N–H and O–H groups in total. The lowest BCUT2D eigenvalue weighted by atomic mass is 10.1. The summed E-state index contributed by atoms with van der Waals surface area (Å²) in [7, 11) is -3.67. The molecule has 0 saturated carbocycles. The average Bonchev–Trinajstić information content (AvgIpc) is 3.39. The van der Waals surface area contributed by atoms with Gasteiger partial charge in [0.15, 0.2) is 0 Å². The molecule has 0 atom stereocenters. The molecule has 11 heteroatoms. The second kappa shape index (κ2) is 9.38. The number of thiophene rings is 1. The predicted molar refractivity (Wildman–Crippen MR) is 126 cm³/mol. The second-order valence-electron chi connectivity index (χ2n) is 7.62. The van der Waals surface area contributed by atoms with E-state index in [1.54, 1.807) is 6.92 Å². The summed E-state index contributed by atoms with van der Waals surface area (Å²) in [4.78, 5) is 12.4. The number of hydrogen-bond acceptors (Lipinski definition) is 5. The van der Waals surface area contributed by atoms with Crippen LogP contribution in [-0.2, 0) is 14.8 Å². The zero-order chi connectivity index (χ0) is 23.8. The van der Waals surface area contributed by atoms with Crippen molar-refractivity contribution in [2.45, 2.75) is 30.4 Å². The van der Waals surface area contributed by atoms with Crippen molar-refractivity contribution in [3.8, 4) is 5.69 Å². The summed E-state index contributed by atoms with van der Waals surface area (Å²) in [6.07, 6.45) is 4.01. The first-order chi connectivity index (χ1) is 15.7. The average molecular weight is 510 g/mol. The van der Waals surface area contributed by atoms with Crippen molar-refractivity contribution >= 4 is 50.6 Å². The third-order valence-corrected chi connectivity index (χ3v) is 9.24. The van der Waals surface area contributed by atoms with Crippen LogP contribution in [0.1, 0.15) is 35.4 Å². The highest BCUT2D eigenvalue weighted by molar-refractivity contribution is 7.91. The number of piperidine rings is 1. The highest BCUT2D eigenvalue weighted by Crippen LogP contribution is 2.34. The number of rotatable bonds is 6. The van der Waals surface area contributed by atoms with Crippen molar-refractivity contribution in [2.24, 2.45) is 0 Å². The smallest absolute Gasteiger partial charge is 0.337 e. The fourth-order valence-corrected chi connectivity index (χ4v) is 6.96. The molecule has 3 aromatic rings. The second-order valence-corrected chi connectivity index (χ2v) is 11.2.